The van der Waals surface area contributed by atoms with Gasteiger partial charge in [0.05, 0.1) is 11.2 Å². The van der Waals surface area contributed by atoms with E-state index in [2.05, 4.69) is 22.4 Å². The van der Waals surface area contributed by atoms with Gasteiger partial charge in [-0.15, -0.1) is 0 Å². The predicted molar refractivity (Wildman–Crippen MR) is 124 cm³/mol. The van der Waals surface area contributed by atoms with E-state index in [-0.39, 0.29) is 29.8 Å². The van der Waals surface area contributed by atoms with Crippen LogP contribution in [0.4, 0.5) is 15.8 Å². The SMILES string of the molecule is CC(=O)N1CC(C)(N(C)c2cc3c(cc2-c2ccccc2F)OCC2=NNC(=O)[C@@H](C)N23)C1. The Hall–Kier alpha value is -3.62. The molecule has 3 aliphatic rings. The van der Waals surface area contributed by atoms with Crippen molar-refractivity contribution in [2.24, 2.45) is 5.10 Å². The average molecular weight is 452 g/mol. The Balaban J connectivity index is 1.66. The Labute approximate surface area is 191 Å². The molecule has 9 heteroatoms. The van der Waals surface area contributed by atoms with Crippen LogP contribution in [0.1, 0.15) is 20.8 Å². The Morgan fingerprint density at radius 1 is 1.27 bits per heavy atom. The molecule has 0 bridgehead atoms. The molecular formula is C24H26FN5O3. The van der Waals surface area contributed by atoms with Gasteiger partial charge in [-0.25, -0.2) is 9.82 Å². The van der Waals surface area contributed by atoms with Gasteiger partial charge >= 0.3 is 0 Å². The van der Waals surface area contributed by atoms with E-state index in [0.29, 0.717) is 41.5 Å². The number of fused-ring (bicyclic) bond motifs is 3. The monoisotopic (exact) mass is 451 g/mol. The Morgan fingerprint density at radius 2 is 2.00 bits per heavy atom. The van der Waals surface area contributed by atoms with Crippen LogP contribution in [0.2, 0.25) is 0 Å². The molecular weight excluding hydrogens is 425 g/mol. The van der Waals surface area contributed by atoms with Crippen molar-refractivity contribution in [2.75, 3.05) is 36.5 Å². The van der Waals surface area contributed by atoms with Gasteiger partial charge in [0.15, 0.2) is 5.84 Å². The number of carbonyl (C=O) groups is 2. The van der Waals surface area contributed by atoms with Gasteiger partial charge < -0.3 is 19.4 Å². The molecule has 2 amide bonds. The van der Waals surface area contributed by atoms with E-state index in [1.54, 1.807) is 30.0 Å². The fourth-order valence-electron chi connectivity index (χ4n) is 4.74. The first-order valence-electron chi connectivity index (χ1n) is 10.9. The molecule has 1 N–H and O–H groups in total. The molecule has 3 aliphatic heterocycles. The highest BCUT2D eigenvalue weighted by Gasteiger charge is 2.45. The van der Waals surface area contributed by atoms with E-state index in [0.717, 1.165) is 5.69 Å². The smallest absolute Gasteiger partial charge is 0.262 e. The third kappa shape index (κ3) is 3.30. The van der Waals surface area contributed by atoms with Gasteiger partial charge in [0, 0.05) is 43.9 Å². The van der Waals surface area contributed by atoms with E-state index in [1.165, 1.54) is 6.07 Å². The molecule has 0 unspecified atom stereocenters. The molecule has 1 fully saturated rings. The molecule has 3 heterocycles. The number of nitrogens with zero attached hydrogens (tertiary/aromatic N) is 4. The van der Waals surface area contributed by atoms with Crippen molar-refractivity contribution in [2.45, 2.75) is 32.4 Å². The Morgan fingerprint density at radius 3 is 2.70 bits per heavy atom. The van der Waals surface area contributed by atoms with Crippen LogP contribution in [0.25, 0.3) is 11.1 Å². The summed E-state index contributed by atoms with van der Waals surface area (Å²) < 4.78 is 20.9. The van der Waals surface area contributed by atoms with Crippen molar-refractivity contribution in [3.8, 4) is 16.9 Å². The predicted octanol–water partition coefficient (Wildman–Crippen LogP) is 2.58. The second-order valence-corrected chi connectivity index (χ2v) is 9.09. The lowest BCUT2D eigenvalue weighted by Gasteiger charge is -2.54. The van der Waals surface area contributed by atoms with Crippen LogP contribution in [-0.4, -0.2) is 60.9 Å². The van der Waals surface area contributed by atoms with Gasteiger partial charge in [0.25, 0.3) is 5.91 Å². The van der Waals surface area contributed by atoms with E-state index >= 15 is 0 Å². The fourth-order valence-corrected chi connectivity index (χ4v) is 4.74. The summed E-state index contributed by atoms with van der Waals surface area (Å²) in [4.78, 5) is 29.9. The second kappa shape index (κ2) is 7.47. The molecule has 1 atom stereocenters. The summed E-state index contributed by atoms with van der Waals surface area (Å²) in [5, 5.41) is 4.16. The lowest BCUT2D eigenvalue weighted by Crippen LogP contribution is -2.69. The van der Waals surface area contributed by atoms with Gasteiger partial charge in [-0.1, -0.05) is 18.2 Å². The summed E-state index contributed by atoms with van der Waals surface area (Å²) in [6, 6.07) is 9.93. The van der Waals surface area contributed by atoms with E-state index in [4.69, 9.17) is 4.74 Å². The number of amidine groups is 1. The minimum absolute atomic E-state index is 0.0306. The molecule has 1 saturated heterocycles. The van der Waals surface area contributed by atoms with Gasteiger partial charge in [-0.3, -0.25) is 9.59 Å². The topological polar surface area (TPSA) is 77.5 Å². The number of rotatable bonds is 3. The van der Waals surface area contributed by atoms with Gasteiger partial charge in [-0.05, 0) is 32.0 Å². The number of carbonyl (C=O) groups excluding carboxylic acids is 2. The van der Waals surface area contributed by atoms with Crippen LogP contribution in [0.15, 0.2) is 41.5 Å². The molecule has 0 aliphatic carbocycles. The number of ether oxygens (including phenoxy) is 1. The summed E-state index contributed by atoms with van der Waals surface area (Å²) in [5.74, 6) is 0.667. The number of nitrogens with one attached hydrogen (secondary N) is 1. The van der Waals surface area contributed by atoms with Gasteiger partial charge in [0.1, 0.15) is 24.2 Å². The van der Waals surface area contributed by atoms with Crippen molar-refractivity contribution in [1.82, 2.24) is 10.3 Å². The third-order valence-electron chi connectivity index (χ3n) is 6.88. The molecule has 172 valence electrons. The Bertz CT molecular complexity index is 1190. The highest BCUT2D eigenvalue weighted by molar-refractivity contribution is 6.10. The van der Waals surface area contributed by atoms with Crippen molar-refractivity contribution < 1.29 is 18.7 Å². The van der Waals surface area contributed by atoms with Crippen molar-refractivity contribution >= 4 is 29.0 Å². The quantitative estimate of drug-likeness (QED) is 0.776. The summed E-state index contributed by atoms with van der Waals surface area (Å²) in [5.41, 5.74) is 4.84. The van der Waals surface area contributed by atoms with Crippen LogP contribution in [0.3, 0.4) is 0 Å². The molecule has 0 spiro atoms. The highest BCUT2D eigenvalue weighted by Crippen LogP contribution is 2.46. The summed E-state index contributed by atoms with van der Waals surface area (Å²) in [7, 11) is 1.95. The number of likely N-dealkylation sites (tertiary alicyclic amines) is 1. The normalized spacial score (nSPS) is 20.6. The van der Waals surface area contributed by atoms with Crippen LogP contribution < -0.4 is 20.0 Å². The molecule has 2 aromatic rings. The zero-order chi connectivity index (χ0) is 23.5. The molecule has 0 radical (unpaired) electrons. The van der Waals surface area contributed by atoms with Crippen LogP contribution in [-0.2, 0) is 9.59 Å². The zero-order valence-corrected chi connectivity index (χ0v) is 19.1. The van der Waals surface area contributed by atoms with E-state index in [1.807, 2.05) is 31.0 Å². The molecule has 0 saturated carbocycles. The molecule has 2 aromatic carbocycles. The zero-order valence-electron chi connectivity index (χ0n) is 19.1. The van der Waals surface area contributed by atoms with Gasteiger partial charge in [-0.2, -0.15) is 5.10 Å². The number of halogens is 1. The number of likely N-dealkylation sites (N-methyl/N-ethyl adjacent to an activating group) is 1. The van der Waals surface area contributed by atoms with Crippen LogP contribution >= 0.6 is 0 Å². The largest absolute Gasteiger partial charge is 0.483 e. The first kappa shape index (κ1) is 21.2. The van der Waals surface area contributed by atoms with Crippen LogP contribution in [0, 0.1) is 5.82 Å². The number of benzene rings is 2. The number of hydrogen-bond donors (Lipinski definition) is 1. The fraction of sp³-hybridized carbons (Fsp3) is 0.375. The standard InChI is InChI=1S/C24H26FN5O3/c1-14-23(32)27-26-22-11-33-21-9-17(16-7-5-6-8-18(16)25)19(10-20(21)30(14)22)28(4)24(3)12-29(13-24)15(2)31/h5-10,14H,11-13H2,1-4H3,(H,27,32)/t14-/m1/s1. The molecule has 0 aromatic heterocycles. The van der Waals surface area contributed by atoms with E-state index < -0.39 is 6.04 Å². The van der Waals surface area contributed by atoms with E-state index in [9.17, 15) is 14.0 Å². The maximum Gasteiger partial charge on any atom is 0.262 e. The minimum atomic E-state index is -0.467. The summed E-state index contributed by atoms with van der Waals surface area (Å²) in [6.45, 7) is 6.79. The number of anilines is 2. The maximum absolute atomic E-state index is 14.9. The van der Waals surface area contributed by atoms with Gasteiger partial charge in [0.2, 0.25) is 5.91 Å². The lowest BCUT2D eigenvalue weighted by atomic mass is 9.88. The number of amides is 2. The molecule has 33 heavy (non-hydrogen) atoms. The average Bonchev–Trinajstić information content (AvgIpc) is 2.78. The highest BCUT2D eigenvalue weighted by atomic mass is 19.1. The third-order valence-corrected chi connectivity index (χ3v) is 6.88. The van der Waals surface area contributed by atoms with Crippen molar-refractivity contribution in [3.05, 3.63) is 42.2 Å². The molecule has 8 nitrogen and oxygen atoms in total. The number of hydrazone groups is 1. The summed E-state index contributed by atoms with van der Waals surface area (Å²) >= 11 is 0. The van der Waals surface area contributed by atoms with Crippen molar-refractivity contribution in [3.63, 3.8) is 0 Å². The summed E-state index contributed by atoms with van der Waals surface area (Å²) in [6.07, 6.45) is 0. The minimum Gasteiger partial charge on any atom is -0.483 e. The molecule has 5 rings (SSSR count). The first-order chi connectivity index (χ1) is 15.7. The Kier molecular flexibility index (Phi) is 4.81. The van der Waals surface area contributed by atoms with Crippen molar-refractivity contribution in [1.29, 1.82) is 0 Å². The lowest BCUT2D eigenvalue weighted by molar-refractivity contribution is -0.135. The maximum atomic E-state index is 14.9. The van der Waals surface area contributed by atoms with Crippen LogP contribution in [0.5, 0.6) is 5.75 Å². The first-order valence-corrected chi connectivity index (χ1v) is 10.9. The number of hydrogen-bond acceptors (Lipinski definition) is 6. The second-order valence-electron chi connectivity index (χ2n) is 9.09.